The Hall–Kier alpha value is -2.31. The van der Waals surface area contributed by atoms with Crippen molar-refractivity contribution in [2.45, 2.75) is 45.8 Å². The lowest BCUT2D eigenvalue weighted by Gasteiger charge is -2.30. The zero-order chi connectivity index (χ0) is 16.5. The fourth-order valence-corrected chi connectivity index (χ4v) is 2.33. The Morgan fingerprint density at radius 2 is 2.09 bits per heavy atom. The fraction of sp³-hybridized carbons (Fsp3) is 0.533. The molecule has 7 nitrogen and oxygen atoms in total. The Morgan fingerprint density at radius 3 is 2.68 bits per heavy atom. The number of fused-ring (bicyclic) bond motifs is 1. The van der Waals surface area contributed by atoms with Crippen molar-refractivity contribution >= 4 is 12.2 Å². The number of hydrogen-bond acceptors (Lipinski definition) is 5. The van der Waals surface area contributed by atoms with Crippen LogP contribution in [0.5, 0.6) is 5.75 Å². The second-order valence-corrected chi connectivity index (χ2v) is 6.35. The van der Waals surface area contributed by atoms with Crippen LogP contribution in [0.4, 0.5) is 9.59 Å². The van der Waals surface area contributed by atoms with Crippen LogP contribution < -0.4 is 4.74 Å². The number of nitrogens with zero attached hydrogens (tertiary/aromatic N) is 2. The third-order valence-electron chi connectivity index (χ3n) is 3.16. The summed E-state index contributed by atoms with van der Waals surface area (Å²) < 4.78 is 10.2. The highest BCUT2D eigenvalue weighted by atomic mass is 16.7. The summed E-state index contributed by atoms with van der Waals surface area (Å²) in [5, 5.41) is 9.12. The van der Waals surface area contributed by atoms with Gasteiger partial charge < -0.3 is 19.5 Å². The molecule has 0 bridgehead atoms. The largest absolute Gasteiger partial charge is 0.514 e. The van der Waals surface area contributed by atoms with Gasteiger partial charge in [0.2, 0.25) is 0 Å². The zero-order valence-corrected chi connectivity index (χ0v) is 13.1. The van der Waals surface area contributed by atoms with Crippen molar-refractivity contribution in [3.8, 4) is 5.75 Å². The van der Waals surface area contributed by atoms with E-state index in [0.717, 1.165) is 11.3 Å². The average molecular weight is 308 g/mol. The minimum atomic E-state index is -0.976. The van der Waals surface area contributed by atoms with Crippen LogP contribution in [0.15, 0.2) is 12.3 Å². The van der Waals surface area contributed by atoms with Crippen molar-refractivity contribution in [3.63, 3.8) is 0 Å². The normalized spacial score (nSPS) is 17.6. The molecule has 1 aromatic rings. The fourth-order valence-electron chi connectivity index (χ4n) is 2.33. The first-order valence-electron chi connectivity index (χ1n) is 7.03. The number of carboxylic acid groups (broad SMARTS) is 1. The molecule has 2 heterocycles. The van der Waals surface area contributed by atoms with Crippen molar-refractivity contribution < 1.29 is 24.2 Å². The predicted molar refractivity (Wildman–Crippen MR) is 77.9 cm³/mol. The van der Waals surface area contributed by atoms with Gasteiger partial charge in [0.25, 0.3) is 0 Å². The molecule has 7 heteroatoms. The summed E-state index contributed by atoms with van der Waals surface area (Å²) >= 11 is 0. The second kappa shape index (κ2) is 5.82. The maximum absolute atomic E-state index is 11.7. The van der Waals surface area contributed by atoms with E-state index in [0.29, 0.717) is 6.54 Å². The molecule has 0 aromatic carbocycles. The van der Waals surface area contributed by atoms with Crippen LogP contribution in [0.2, 0.25) is 0 Å². The van der Waals surface area contributed by atoms with Crippen LogP contribution in [-0.4, -0.2) is 39.4 Å². The van der Waals surface area contributed by atoms with Crippen molar-refractivity contribution in [1.29, 1.82) is 0 Å². The molecule has 1 atom stereocenters. The highest BCUT2D eigenvalue weighted by Crippen LogP contribution is 2.29. The van der Waals surface area contributed by atoms with Crippen LogP contribution in [0, 0.1) is 0 Å². The standard InChI is InChI=1S/C15H20N2O5/c1-9-7-17(13(18)19)8-10-5-11(6-16-12(9)10)21-14(20)22-15(2,3)4/h5-6,9H,7-8H2,1-4H3,(H,18,19). The third kappa shape index (κ3) is 3.87. The number of hydrogen-bond donors (Lipinski definition) is 1. The Balaban J connectivity index is 2.15. The first kappa shape index (κ1) is 16.1. The molecule has 1 aliphatic heterocycles. The second-order valence-electron chi connectivity index (χ2n) is 6.35. The lowest BCUT2D eigenvalue weighted by molar-refractivity contribution is 0.0205. The van der Waals surface area contributed by atoms with Gasteiger partial charge in [-0.15, -0.1) is 0 Å². The molecule has 22 heavy (non-hydrogen) atoms. The summed E-state index contributed by atoms with van der Waals surface area (Å²) in [5.74, 6) is 0.239. The molecule has 120 valence electrons. The van der Waals surface area contributed by atoms with Gasteiger partial charge in [-0.1, -0.05) is 6.92 Å². The van der Waals surface area contributed by atoms with E-state index < -0.39 is 17.8 Å². The van der Waals surface area contributed by atoms with Gasteiger partial charge in [0.05, 0.1) is 18.4 Å². The summed E-state index contributed by atoms with van der Waals surface area (Å²) in [4.78, 5) is 28.4. The number of rotatable bonds is 1. The van der Waals surface area contributed by atoms with Crippen LogP contribution >= 0.6 is 0 Å². The zero-order valence-electron chi connectivity index (χ0n) is 13.1. The van der Waals surface area contributed by atoms with E-state index in [1.54, 1.807) is 26.8 Å². The summed E-state index contributed by atoms with van der Waals surface area (Å²) in [5.41, 5.74) is 0.920. The van der Waals surface area contributed by atoms with Crippen LogP contribution in [-0.2, 0) is 11.3 Å². The van der Waals surface area contributed by atoms with E-state index in [-0.39, 0.29) is 18.2 Å². The highest BCUT2D eigenvalue weighted by molar-refractivity contribution is 5.66. The number of carbonyl (C=O) groups excluding carboxylic acids is 1. The monoisotopic (exact) mass is 308 g/mol. The quantitative estimate of drug-likeness (QED) is 0.802. The van der Waals surface area contributed by atoms with Gasteiger partial charge >= 0.3 is 12.2 Å². The Kier molecular flexibility index (Phi) is 4.25. The maximum atomic E-state index is 11.7. The van der Waals surface area contributed by atoms with Crippen LogP contribution in [0.25, 0.3) is 0 Å². The van der Waals surface area contributed by atoms with Crippen molar-refractivity contribution in [1.82, 2.24) is 9.88 Å². The smallest absolute Gasteiger partial charge is 0.465 e. The minimum Gasteiger partial charge on any atom is -0.465 e. The Morgan fingerprint density at radius 1 is 1.41 bits per heavy atom. The molecule has 0 saturated heterocycles. The van der Waals surface area contributed by atoms with Gasteiger partial charge in [-0.2, -0.15) is 0 Å². The highest BCUT2D eigenvalue weighted by Gasteiger charge is 2.27. The molecule has 2 rings (SSSR count). The summed E-state index contributed by atoms with van der Waals surface area (Å²) in [6.07, 6.45) is -0.334. The molecule has 0 aliphatic carbocycles. The lowest BCUT2D eigenvalue weighted by atomic mass is 9.97. The van der Waals surface area contributed by atoms with Crippen molar-refractivity contribution in [3.05, 3.63) is 23.5 Å². The molecular weight excluding hydrogens is 288 g/mol. The van der Waals surface area contributed by atoms with Crippen LogP contribution in [0.1, 0.15) is 44.9 Å². The molecule has 0 radical (unpaired) electrons. The number of aromatic nitrogens is 1. The molecule has 1 aliphatic rings. The molecule has 1 N–H and O–H groups in total. The Labute approximate surface area is 128 Å². The third-order valence-corrected chi connectivity index (χ3v) is 3.16. The SMILES string of the molecule is CC1CN(C(=O)O)Cc2cc(OC(=O)OC(C)(C)C)cnc21. The van der Waals surface area contributed by atoms with Gasteiger partial charge in [-0.25, -0.2) is 9.59 Å². The molecule has 1 unspecified atom stereocenters. The average Bonchev–Trinajstić information content (AvgIpc) is 2.35. The maximum Gasteiger partial charge on any atom is 0.514 e. The van der Waals surface area contributed by atoms with Crippen LogP contribution in [0.3, 0.4) is 0 Å². The molecule has 0 spiro atoms. The first-order chi connectivity index (χ1) is 10.2. The Bertz CT molecular complexity index is 594. The summed E-state index contributed by atoms with van der Waals surface area (Å²) in [6, 6.07) is 1.64. The predicted octanol–water partition coefficient (Wildman–Crippen LogP) is 2.99. The minimum absolute atomic E-state index is 0.00423. The number of amides is 1. The van der Waals surface area contributed by atoms with Gasteiger partial charge in [0.15, 0.2) is 5.75 Å². The van der Waals surface area contributed by atoms with E-state index in [4.69, 9.17) is 14.6 Å². The molecular formula is C15H20N2O5. The summed E-state index contributed by atoms with van der Waals surface area (Å²) in [7, 11) is 0. The molecule has 0 fully saturated rings. The van der Waals surface area contributed by atoms with E-state index in [1.807, 2.05) is 6.92 Å². The van der Waals surface area contributed by atoms with E-state index >= 15 is 0 Å². The van der Waals surface area contributed by atoms with Gasteiger partial charge in [0.1, 0.15) is 5.60 Å². The van der Waals surface area contributed by atoms with Gasteiger partial charge in [-0.05, 0) is 32.4 Å². The van der Waals surface area contributed by atoms with E-state index in [1.165, 1.54) is 11.1 Å². The summed E-state index contributed by atoms with van der Waals surface area (Å²) in [6.45, 7) is 7.77. The molecule has 0 saturated carbocycles. The van der Waals surface area contributed by atoms with Crippen molar-refractivity contribution in [2.75, 3.05) is 6.54 Å². The van der Waals surface area contributed by atoms with E-state index in [2.05, 4.69) is 4.98 Å². The molecule has 1 aromatic heterocycles. The number of carbonyl (C=O) groups is 2. The first-order valence-corrected chi connectivity index (χ1v) is 7.03. The number of pyridine rings is 1. The lowest BCUT2D eigenvalue weighted by Crippen LogP contribution is -2.37. The topological polar surface area (TPSA) is 89.0 Å². The van der Waals surface area contributed by atoms with Gasteiger partial charge in [0, 0.05) is 12.5 Å². The molecule has 1 amide bonds. The van der Waals surface area contributed by atoms with Gasteiger partial charge in [-0.3, -0.25) is 4.98 Å². The van der Waals surface area contributed by atoms with Crippen molar-refractivity contribution in [2.24, 2.45) is 0 Å². The van der Waals surface area contributed by atoms with E-state index in [9.17, 15) is 9.59 Å². The number of ether oxygens (including phenoxy) is 2.